The molecule has 1 atom stereocenters. The average Bonchev–Trinajstić information content (AvgIpc) is 3.51. The number of carbonyl (C=O) groups excluding carboxylic acids is 2. The summed E-state index contributed by atoms with van der Waals surface area (Å²) in [6, 6.07) is 5.11. The van der Waals surface area contributed by atoms with E-state index in [1.165, 1.54) is 30.7 Å². The molecule has 170 valence electrons. The third-order valence-electron chi connectivity index (χ3n) is 5.39. The van der Waals surface area contributed by atoms with Gasteiger partial charge in [-0.25, -0.2) is 4.79 Å². The number of nitro groups is 1. The number of ether oxygens (including phenoxy) is 3. The van der Waals surface area contributed by atoms with Gasteiger partial charge in [0, 0.05) is 12.1 Å². The zero-order chi connectivity index (χ0) is 22.9. The highest BCUT2D eigenvalue weighted by Crippen LogP contribution is 2.52. The van der Waals surface area contributed by atoms with Crippen molar-refractivity contribution in [1.29, 1.82) is 0 Å². The van der Waals surface area contributed by atoms with E-state index in [1.54, 1.807) is 0 Å². The number of esters is 1. The van der Waals surface area contributed by atoms with Crippen molar-refractivity contribution < 1.29 is 28.7 Å². The minimum absolute atomic E-state index is 0.114. The summed E-state index contributed by atoms with van der Waals surface area (Å²) in [5.41, 5.74) is -0.997. The molecule has 8 heteroatoms. The van der Waals surface area contributed by atoms with E-state index in [1.807, 2.05) is 0 Å². The van der Waals surface area contributed by atoms with Crippen molar-refractivity contribution >= 4 is 17.8 Å². The molecule has 31 heavy (non-hydrogen) atoms. The van der Waals surface area contributed by atoms with Gasteiger partial charge in [-0.05, 0) is 51.7 Å². The van der Waals surface area contributed by atoms with Crippen LogP contribution in [0.2, 0.25) is 0 Å². The van der Waals surface area contributed by atoms with Crippen LogP contribution in [0.3, 0.4) is 0 Å². The van der Waals surface area contributed by atoms with Crippen LogP contribution in [0, 0.1) is 29.4 Å². The fourth-order valence-electron chi connectivity index (χ4n) is 3.49. The van der Waals surface area contributed by atoms with Gasteiger partial charge < -0.3 is 14.2 Å². The average molecular weight is 434 g/mol. The van der Waals surface area contributed by atoms with Crippen molar-refractivity contribution in [1.82, 2.24) is 0 Å². The van der Waals surface area contributed by atoms with Gasteiger partial charge in [-0.15, -0.1) is 0 Å². The van der Waals surface area contributed by atoms with Crippen LogP contribution < -0.4 is 4.74 Å². The SMILES string of the molecule is [CH2]C([CH2])OC(=O)C1(C(CCCCCCCC)OC(=O)Oc2ccc([N+](=O)[O-])cc2)CC1. The smallest absolute Gasteiger partial charge is 0.462 e. The lowest BCUT2D eigenvalue weighted by Crippen LogP contribution is -2.37. The number of benzene rings is 1. The fourth-order valence-corrected chi connectivity index (χ4v) is 3.49. The molecule has 0 amide bonds. The molecule has 0 aliphatic heterocycles. The molecule has 0 aromatic heterocycles. The number of unbranched alkanes of at least 4 members (excludes halogenated alkanes) is 5. The molecule has 1 saturated carbocycles. The van der Waals surface area contributed by atoms with Crippen LogP contribution in [0.1, 0.15) is 64.7 Å². The predicted molar refractivity (Wildman–Crippen MR) is 114 cm³/mol. The number of hydrogen-bond acceptors (Lipinski definition) is 7. The summed E-state index contributed by atoms with van der Waals surface area (Å²) >= 11 is 0. The predicted octanol–water partition coefficient (Wildman–Crippen LogP) is 5.59. The third kappa shape index (κ3) is 7.52. The van der Waals surface area contributed by atoms with E-state index in [9.17, 15) is 19.7 Å². The molecular formula is C23H31NO7. The molecule has 2 radical (unpaired) electrons. The zero-order valence-corrected chi connectivity index (χ0v) is 18.0. The highest BCUT2D eigenvalue weighted by molar-refractivity contribution is 5.81. The molecule has 1 aliphatic rings. The van der Waals surface area contributed by atoms with Crippen LogP contribution in [0.5, 0.6) is 5.75 Å². The maximum Gasteiger partial charge on any atom is 0.514 e. The number of hydrogen-bond donors (Lipinski definition) is 0. The maximum atomic E-state index is 12.6. The fraction of sp³-hybridized carbons (Fsp3) is 0.565. The Morgan fingerprint density at radius 1 is 1.06 bits per heavy atom. The molecule has 1 unspecified atom stereocenters. The minimum Gasteiger partial charge on any atom is -0.462 e. The Kier molecular flexibility index (Phi) is 9.27. The van der Waals surface area contributed by atoms with Gasteiger partial charge in [0.15, 0.2) is 0 Å². The standard InChI is InChI=1S/C23H31NO7/c1-4-5-6-7-8-9-10-20(23(15-16-23)21(25)29-17(2)3)31-22(26)30-19-13-11-18(12-14-19)24(27)28/h11-14,17,20H,2-10,15-16H2,1H3. The van der Waals surface area contributed by atoms with E-state index >= 15 is 0 Å². The number of non-ortho nitro benzene ring substituents is 1. The molecule has 2 rings (SSSR count). The molecule has 8 nitrogen and oxygen atoms in total. The lowest BCUT2D eigenvalue weighted by Gasteiger charge is -2.26. The van der Waals surface area contributed by atoms with Crippen LogP contribution in [0.4, 0.5) is 10.5 Å². The van der Waals surface area contributed by atoms with Crippen LogP contribution in [0.15, 0.2) is 24.3 Å². The van der Waals surface area contributed by atoms with Gasteiger partial charge in [0.05, 0.1) is 4.92 Å². The van der Waals surface area contributed by atoms with Gasteiger partial charge in [-0.1, -0.05) is 39.0 Å². The van der Waals surface area contributed by atoms with Gasteiger partial charge in [0.25, 0.3) is 5.69 Å². The summed E-state index contributed by atoms with van der Waals surface area (Å²) in [6.07, 6.45) is 5.66. The lowest BCUT2D eigenvalue weighted by molar-refractivity contribution is -0.384. The Labute approximate surface area is 183 Å². The molecule has 1 aromatic carbocycles. The van der Waals surface area contributed by atoms with Crippen LogP contribution in [-0.2, 0) is 14.3 Å². The largest absolute Gasteiger partial charge is 0.514 e. The minimum atomic E-state index is -0.954. The molecule has 1 aliphatic carbocycles. The molecule has 0 heterocycles. The maximum absolute atomic E-state index is 12.6. The molecule has 0 N–H and O–H groups in total. The molecule has 1 aromatic rings. The van der Waals surface area contributed by atoms with Gasteiger partial charge in [0.2, 0.25) is 0 Å². The molecule has 1 fully saturated rings. The van der Waals surface area contributed by atoms with E-state index in [0.29, 0.717) is 19.3 Å². The first-order chi connectivity index (χ1) is 14.8. The first kappa shape index (κ1) is 24.6. The van der Waals surface area contributed by atoms with Gasteiger partial charge in [-0.3, -0.25) is 14.9 Å². The monoisotopic (exact) mass is 433 g/mol. The van der Waals surface area contributed by atoms with E-state index in [0.717, 1.165) is 32.1 Å². The highest BCUT2D eigenvalue weighted by Gasteiger charge is 2.59. The summed E-state index contributed by atoms with van der Waals surface area (Å²) < 4.78 is 15.9. The molecule has 0 spiro atoms. The quantitative estimate of drug-likeness (QED) is 0.131. The van der Waals surface area contributed by atoms with Crippen LogP contribution in [0.25, 0.3) is 0 Å². The Bertz CT molecular complexity index is 741. The number of nitrogens with zero attached hydrogens (tertiary/aromatic N) is 1. The van der Waals surface area contributed by atoms with Gasteiger partial charge in [-0.2, -0.15) is 0 Å². The zero-order valence-electron chi connectivity index (χ0n) is 18.0. The van der Waals surface area contributed by atoms with Crippen molar-refractivity contribution in [2.45, 2.75) is 76.9 Å². The first-order valence-electron chi connectivity index (χ1n) is 10.8. The summed E-state index contributed by atoms with van der Waals surface area (Å²) in [5.74, 6) is -0.335. The van der Waals surface area contributed by atoms with Crippen molar-refractivity contribution in [3.63, 3.8) is 0 Å². The van der Waals surface area contributed by atoms with E-state index < -0.39 is 34.7 Å². The second kappa shape index (κ2) is 11.7. The van der Waals surface area contributed by atoms with Crippen molar-refractivity contribution in [2.24, 2.45) is 5.41 Å². The molecule has 0 saturated heterocycles. The number of carbonyl (C=O) groups is 2. The lowest BCUT2D eigenvalue weighted by atomic mass is 9.93. The van der Waals surface area contributed by atoms with Crippen molar-refractivity contribution in [3.8, 4) is 5.75 Å². The summed E-state index contributed by atoms with van der Waals surface area (Å²) in [4.78, 5) is 35.2. The Morgan fingerprint density at radius 3 is 2.23 bits per heavy atom. The highest BCUT2D eigenvalue weighted by atomic mass is 16.7. The normalized spacial score (nSPS) is 15.2. The molecule has 0 bridgehead atoms. The second-order valence-electron chi connectivity index (χ2n) is 7.95. The first-order valence-corrected chi connectivity index (χ1v) is 10.8. The van der Waals surface area contributed by atoms with Crippen LogP contribution in [-0.4, -0.2) is 29.3 Å². The molecular weight excluding hydrogens is 402 g/mol. The number of rotatable bonds is 13. The Morgan fingerprint density at radius 2 is 1.68 bits per heavy atom. The van der Waals surface area contributed by atoms with E-state index in [2.05, 4.69) is 20.8 Å². The summed E-state index contributed by atoms with van der Waals surface area (Å²) in [6.45, 7) is 9.32. The van der Waals surface area contributed by atoms with Gasteiger partial charge >= 0.3 is 12.1 Å². The number of nitro benzene ring substituents is 1. The van der Waals surface area contributed by atoms with Gasteiger partial charge in [0.1, 0.15) is 23.4 Å². The third-order valence-corrected chi connectivity index (χ3v) is 5.39. The second-order valence-corrected chi connectivity index (χ2v) is 7.95. The Balaban J connectivity index is 1.99. The van der Waals surface area contributed by atoms with Crippen molar-refractivity contribution in [3.05, 3.63) is 48.2 Å². The summed E-state index contributed by atoms with van der Waals surface area (Å²) in [5, 5.41) is 10.7. The van der Waals surface area contributed by atoms with E-state index in [-0.39, 0.29) is 11.4 Å². The Hall–Kier alpha value is -2.64. The summed E-state index contributed by atoms with van der Waals surface area (Å²) in [7, 11) is 0. The topological polar surface area (TPSA) is 105 Å². The van der Waals surface area contributed by atoms with Crippen molar-refractivity contribution in [2.75, 3.05) is 0 Å². The van der Waals surface area contributed by atoms with E-state index in [4.69, 9.17) is 14.2 Å². The van der Waals surface area contributed by atoms with Crippen LogP contribution >= 0.6 is 0 Å².